The molecule has 0 radical (unpaired) electrons. The number of halogens is 3. The molecular weight excluding hydrogens is 583 g/mol. The zero-order chi connectivity index (χ0) is 30.9. The first-order valence-electron chi connectivity index (χ1n) is 12.8. The van der Waals surface area contributed by atoms with Crippen LogP contribution in [0, 0.1) is 6.92 Å². The number of hydrogen-bond donors (Lipinski definition) is 3. The fourth-order valence-corrected chi connectivity index (χ4v) is 4.79. The Kier molecular flexibility index (Phi) is 7.87. The molecule has 5 rings (SSSR count). The number of carbonyl (C=O) groups excluding carboxylic acids is 1. The van der Waals surface area contributed by atoms with Crippen LogP contribution in [0.25, 0.3) is 16.6 Å². The van der Waals surface area contributed by atoms with Crippen molar-refractivity contribution in [2.24, 2.45) is 17.3 Å². The lowest BCUT2D eigenvalue weighted by Gasteiger charge is -2.14. The quantitative estimate of drug-likeness (QED) is 0.155. The van der Waals surface area contributed by atoms with Crippen LogP contribution in [-0.2, 0) is 24.6 Å². The zero-order valence-corrected chi connectivity index (χ0v) is 23.6. The average molecular weight is 608 g/mol. The Hall–Kier alpha value is -5.24. The molecule has 0 unspecified atom stereocenters. The number of benzene rings is 3. The lowest BCUT2D eigenvalue weighted by atomic mass is 10.1. The van der Waals surface area contributed by atoms with Gasteiger partial charge >= 0.3 is 6.18 Å². The third-order valence-corrected chi connectivity index (χ3v) is 6.94. The van der Waals surface area contributed by atoms with Gasteiger partial charge in [0.1, 0.15) is 12.2 Å². The van der Waals surface area contributed by atoms with Gasteiger partial charge in [-0.25, -0.2) is 4.68 Å². The highest BCUT2D eigenvalue weighted by molar-refractivity contribution is 7.80. The Bertz CT molecular complexity index is 1940. The second kappa shape index (κ2) is 11.6. The van der Waals surface area contributed by atoms with Crippen molar-refractivity contribution in [1.29, 1.82) is 0 Å². The molecule has 0 fully saturated rings. The lowest BCUT2D eigenvalue weighted by Crippen LogP contribution is -2.21. The van der Waals surface area contributed by atoms with Gasteiger partial charge in [-0.15, -0.1) is 10.2 Å². The summed E-state index contributed by atoms with van der Waals surface area (Å²) in [6.45, 7) is 1.22. The highest BCUT2D eigenvalue weighted by atomic mass is 32.1. The third kappa shape index (κ3) is 5.77. The molecule has 3 N–H and O–H groups in total. The summed E-state index contributed by atoms with van der Waals surface area (Å²) in [5.41, 5.74) is 0.0382. The van der Waals surface area contributed by atoms with Gasteiger partial charge in [0, 0.05) is 12.4 Å². The number of rotatable bonds is 6. The first-order chi connectivity index (χ1) is 20.5. The number of alkyl halides is 3. The number of nitrogens with zero attached hydrogens (tertiary/aromatic N) is 5. The number of para-hydroxylation sites is 3. The molecule has 3 aromatic carbocycles. The standard InChI is InChI=1S/C29H24F3N7O3S/c1-17-24(27(42)39(37(17)2)18-10-4-3-5-11-18)34-28(43)36-35-25-19-12-6-9-15-22(19)38(26(25)41)16-23(40)33-21-14-8-7-13-20(21)29(30,31)32/h3-15,41H,16H2,1-2H3,(H,33,40)(H,34,43). The average Bonchev–Trinajstić information content (AvgIpc) is 3.36. The summed E-state index contributed by atoms with van der Waals surface area (Å²) in [6.07, 6.45) is -4.67. The van der Waals surface area contributed by atoms with Crippen LogP contribution in [0.4, 0.5) is 30.2 Å². The van der Waals surface area contributed by atoms with E-state index < -0.39 is 35.8 Å². The summed E-state index contributed by atoms with van der Waals surface area (Å²) in [5.74, 6) is -1.25. The molecule has 1 amide bonds. The second-order valence-electron chi connectivity index (χ2n) is 9.43. The molecule has 5 aromatic rings. The minimum Gasteiger partial charge on any atom is -0.493 e. The van der Waals surface area contributed by atoms with Crippen molar-refractivity contribution in [3.8, 4) is 11.6 Å². The second-order valence-corrected chi connectivity index (χ2v) is 9.82. The Morgan fingerprint density at radius 2 is 1.63 bits per heavy atom. The number of aromatic hydroxyl groups is 1. The van der Waals surface area contributed by atoms with Crippen molar-refractivity contribution in [1.82, 2.24) is 13.9 Å². The van der Waals surface area contributed by atoms with Crippen LogP contribution >= 0.6 is 12.2 Å². The normalized spacial score (nSPS) is 11.7. The molecule has 0 bridgehead atoms. The van der Waals surface area contributed by atoms with Crippen LogP contribution in [0.2, 0.25) is 0 Å². The highest BCUT2D eigenvalue weighted by Crippen LogP contribution is 2.39. The van der Waals surface area contributed by atoms with Gasteiger partial charge in [-0.05, 0) is 49.5 Å². The van der Waals surface area contributed by atoms with E-state index in [-0.39, 0.29) is 22.0 Å². The van der Waals surface area contributed by atoms with E-state index in [0.717, 1.165) is 12.1 Å². The van der Waals surface area contributed by atoms with Crippen LogP contribution in [-0.4, -0.2) is 30.1 Å². The predicted molar refractivity (Wildman–Crippen MR) is 160 cm³/mol. The number of carbonyl (C=O) groups is 1. The minimum absolute atomic E-state index is 0.0188. The molecular formula is C29H24F3N7O3S. The van der Waals surface area contributed by atoms with E-state index in [4.69, 9.17) is 12.2 Å². The fraction of sp³-hybridized carbons (Fsp3) is 0.138. The number of azo groups is 1. The zero-order valence-electron chi connectivity index (χ0n) is 22.8. The van der Waals surface area contributed by atoms with Crippen LogP contribution in [0.5, 0.6) is 5.88 Å². The van der Waals surface area contributed by atoms with Crippen LogP contribution in [0.15, 0.2) is 93.9 Å². The number of thiocarbonyl (C=S) groups is 1. The van der Waals surface area contributed by atoms with Gasteiger partial charge in [-0.2, -0.15) is 13.2 Å². The van der Waals surface area contributed by atoms with Crippen LogP contribution in [0.1, 0.15) is 11.3 Å². The monoisotopic (exact) mass is 607 g/mol. The van der Waals surface area contributed by atoms with E-state index >= 15 is 0 Å². The maximum Gasteiger partial charge on any atom is 0.418 e. The van der Waals surface area contributed by atoms with E-state index in [1.54, 1.807) is 55.1 Å². The van der Waals surface area contributed by atoms with Gasteiger partial charge in [0.2, 0.25) is 16.9 Å². The van der Waals surface area contributed by atoms with Gasteiger partial charge in [0.05, 0.1) is 28.1 Å². The Morgan fingerprint density at radius 1 is 0.977 bits per heavy atom. The first kappa shape index (κ1) is 29.3. The van der Waals surface area contributed by atoms with E-state index in [1.807, 2.05) is 18.2 Å². The molecule has 14 heteroatoms. The van der Waals surface area contributed by atoms with Crippen molar-refractivity contribution < 1.29 is 23.1 Å². The molecule has 0 spiro atoms. The fourth-order valence-electron chi connectivity index (χ4n) is 4.64. The molecule has 0 saturated carbocycles. The van der Waals surface area contributed by atoms with Crippen LogP contribution in [0.3, 0.4) is 0 Å². The van der Waals surface area contributed by atoms with Gasteiger partial charge < -0.3 is 20.3 Å². The van der Waals surface area contributed by atoms with Crippen molar-refractivity contribution >= 4 is 51.2 Å². The maximum absolute atomic E-state index is 13.4. The highest BCUT2D eigenvalue weighted by Gasteiger charge is 2.33. The number of hydrogen-bond acceptors (Lipinski definition) is 5. The Morgan fingerprint density at radius 3 is 2.35 bits per heavy atom. The number of aromatic nitrogens is 3. The van der Waals surface area contributed by atoms with E-state index in [2.05, 4.69) is 20.9 Å². The smallest absolute Gasteiger partial charge is 0.418 e. The van der Waals surface area contributed by atoms with Gasteiger partial charge in [0.15, 0.2) is 5.69 Å². The predicted octanol–water partition coefficient (Wildman–Crippen LogP) is 6.28. The van der Waals surface area contributed by atoms with E-state index in [0.29, 0.717) is 22.3 Å². The summed E-state index contributed by atoms with van der Waals surface area (Å²) in [4.78, 5) is 26.0. The maximum atomic E-state index is 13.4. The molecule has 2 aromatic heterocycles. The number of anilines is 2. The molecule has 0 aliphatic heterocycles. The number of amides is 1. The largest absolute Gasteiger partial charge is 0.493 e. The van der Waals surface area contributed by atoms with E-state index in [9.17, 15) is 27.9 Å². The Labute approximate surface area is 247 Å². The van der Waals surface area contributed by atoms with Gasteiger partial charge in [0.25, 0.3) is 5.56 Å². The molecule has 2 heterocycles. The minimum atomic E-state index is -4.67. The summed E-state index contributed by atoms with van der Waals surface area (Å²) in [6, 6.07) is 20.2. The molecule has 0 atom stereocenters. The lowest BCUT2D eigenvalue weighted by molar-refractivity contribution is -0.137. The number of fused-ring (bicyclic) bond motifs is 1. The van der Waals surface area contributed by atoms with Gasteiger partial charge in [-0.3, -0.25) is 14.3 Å². The third-order valence-electron chi connectivity index (χ3n) is 6.75. The molecule has 0 saturated heterocycles. The molecule has 0 aliphatic carbocycles. The van der Waals surface area contributed by atoms with Crippen molar-refractivity contribution in [3.63, 3.8) is 0 Å². The molecule has 220 valence electrons. The van der Waals surface area contributed by atoms with Crippen molar-refractivity contribution in [2.45, 2.75) is 19.6 Å². The SMILES string of the molecule is Cc1c(NC(=S)N=Nc2c(O)n(CC(=O)Nc3ccccc3C(F)(F)F)c3ccccc23)c(=O)n(-c2ccccc2)n1C. The van der Waals surface area contributed by atoms with Crippen molar-refractivity contribution in [2.75, 3.05) is 10.6 Å². The van der Waals surface area contributed by atoms with Gasteiger partial charge in [-0.1, -0.05) is 48.5 Å². The van der Waals surface area contributed by atoms with E-state index in [1.165, 1.54) is 21.4 Å². The summed E-state index contributed by atoms with van der Waals surface area (Å²) >= 11 is 5.31. The molecule has 0 aliphatic rings. The summed E-state index contributed by atoms with van der Waals surface area (Å²) < 4.78 is 44.5. The molecule has 10 nitrogen and oxygen atoms in total. The topological polar surface area (TPSA) is 118 Å². The summed E-state index contributed by atoms with van der Waals surface area (Å²) in [5, 5.41) is 24.4. The summed E-state index contributed by atoms with van der Waals surface area (Å²) in [7, 11) is 1.73. The first-order valence-corrected chi connectivity index (χ1v) is 13.2. The number of nitrogens with one attached hydrogen (secondary N) is 2. The Balaban J connectivity index is 1.40. The molecule has 43 heavy (non-hydrogen) atoms. The van der Waals surface area contributed by atoms with Crippen molar-refractivity contribution in [3.05, 3.63) is 100 Å². The van der Waals surface area contributed by atoms with Crippen LogP contribution < -0.4 is 16.2 Å².